The van der Waals surface area contributed by atoms with Crippen LogP contribution in [0, 0.1) is 0 Å². The zero-order chi connectivity index (χ0) is 28.1. The number of para-hydroxylation sites is 2. The summed E-state index contributed by atoms with van der Waals surface area (Å²) in [7, 11) is 0. The minimum Gasteiger partial charge on any atom is -0.456 e. The van der Waals surface area contributed by atoms with Crippen molar-refractivity contribution < 1.29 is 4.42 Å². The van der Waals surface area contributed by atoms with Gasteiger partial charge in [-0.05, 0) is 89.3 Å². The van der Waals surface area contributed by atoms with Crippen molar-refractivity contribution in [2.24, 2.45) is 0 Å². The summed E-state index contributed by atoms with van der Waals surface area (Å²) in [6.07, 6.45) is 0. The summed E-state index contributed by atoms with van der Waals surface area (Å²) in [6, 6.07) is 52.1. The van der Waals surface area contributed by atoms with Crippen LogP contribution in [0.1, 0.15) is 0 Å². The summed E-state index contributed by atoms with van der Waals surface area (Å²) in [5.74, 6) is 0. The number of nitrogens with zero attached hydrogens (tertiary/aromatic N) is 2. The predicted octanol–water partition coefficient (Wildman–Crippen LogP) is 11.3. The zero-order valence-corrected chi connectivity index (χ0v) is 23.2. The first kappa shape index (κ1) is 22.8. The lowest BCUT2D eigenvalue weighted by Gasteiger charge is -2.25. The Bertz CT molecular complexity index is 2500. The fourth-order valence-corrected chi connectivity index (χ4v) is 7.35. The van der Waals surface area contributed by atoms with E-state index in [1.165, 1.54) is 54.5 Å². The Morgan fingerprint density at radius 1 is 0.395 bits per heavy atom. The smallest absolute Gasteiger partial charge is 0.136 e. The fraction of sp³-hybridized carbons (Fsp3) is 0. The van der Waals surface area contributed by atoms with Gasteiger partial charge in [-0.1, -0.05) is 72.8 Å². The molecule has 3 nitrogen and oxygen atoms in total. The molecular weight excluding hydrogens is 524 g/mol. The van der Waals surface area contributed by atoms with E-state index in [-0.39, 0.29) is 0 Å². The molecule has 0 radical (unpaired) electrons. The molecule has 0 unspecified atom stereocenters. The summed E-state index contributed by atoms with van der Waals surface area (Å²) < 4.78 is 8.83. The molecule has 1 aliphatic carbocycles. The second-order valence-corrected chi connectivity index (χ2v) is 11.3. The number of rotatable bonds is 4. The van der Waals surface area contributed by atoms with Gasteiger partial charge in [0.25, 0.3) is 0 Å². The third-order valence-corrected chi connectivity index (χ3v) is 9.08. The predicted molar refractivity (Wildman–Crippen MR) is 179 cm³/mol. The van der Waals surface area contributed by atoms with Crippen molar-refractivity contribution in [3.05, 3.63) is 146 Å². The molecule has 43 heavy (non-hydrogen) atoms. The van der Waals surface area contributed by atoms with Gasteiger partial charge in [0, 0.05) is 49.7 Å². The average Bonchev–Trinajstić information content (AvgIpc) is 3.58. The molecule has 0 atom stereocenters. The van der Waals surface area contributed by atoms with Gasteiger partial charge in [-0.3, -0.25) is 0 Å². The molecule has 0 aliphatic heterocycles. The van der Waals surface area contributed by atoms with Crippen LogP contribution in [0.5, 0.6) is 0 Å². The maximum atomic E-state index is 6.40. The van der Waals surface area contributed by atoms with Crippen LogP contribution in [0.2, 0.25) is 0 Å². The van der Waals surface area contributed by atoms with Gasteiger partial charge in [0.2, 0.25) is 0 Å². The van der Waals surface area contributed by atoms with Crippen LogP contribution < -0.4 is 4.90 Å². The van der Waals surface area contributed by atoms with E-state index in [9.17, 15) is 0 Å². The van der Waals surface area contributed by atoms with E-state index in [2.05, 4.69) is 155 Å². The molecule has 2 aromatic heterocycles. The molecule has 0 amide bonds. The van der Waals surface area contributed by atoms with Crippen LogP contribution >= 0.6 is 0 Å². The molecule has 1 aliphatic rings. The van der Waals surface area contributed by atoms with Crippen LogP contribution in [0.25, 0.3) is 71.3 Å². The third-order valence-electron chi connectivity index (χ3n) is 9.08. The zero-order valence-electron chi connectivity index (χ0n) is 23.2. The molecule has 7 aromatic carbocycles. The summed E-state index contributed by atoms with van der Waals surface area (Å²) in [6.45, 7) is 0. The Kier molecular flexibility index (Phi) is 4.45. The monoisotopic (exact) mass is 548 g/mol. The first-order valence-electron chi connectivity index (χ1n) is 14.7. The average molecular weight is 549 g/mol. The summed E-state index contributed by atoms with van der Waals surface area (Å²) >= 11 is 0. The van der Waals surface area contributed by atoms with Crippen molar-refractivity contribution >= 4 is 71.6 Å². The number of aromatic nitrogens is 1. The Morgan fingerprint density at radius 2 is 1.00 bits per heavy atom. The fourth-order valence-electron chi connectivity index (χ4n) is 7.35. The maximum Gasteiger partial charge on any atom is 0.136 e. The van der Waals surface area contributed by atoms with Gasteiger partial charge in [-0.25, -0.2) is 0 Å². The summed E-state index contributed by atoms with van der Waals surface area (Å²) in [5, 5.41) is 7.57. The normalized spacial score (nSPS) is 12.2. The lowest BCUT2D eigenvalue weighted by Crippen LogP contribution is -2.09. The lowest BCUT2D eigenvalue weighted by atomic mass is 9.98. The molecule has 9 aromatic rings. The highest BCUT2D eigenvalue weighted by Crippen LogP contribution is 2.50. The topological polar surface area (TPSA) is 21.3 Å². The van der Waals surface area contributed by atoms with Gasteiger partial charge in [0.15, 0.2) is 0 Å². The first-order chi connectivity index (χ1) is 21.3. The van der Waals surface area contributed by atoms with E-state index in [0.29, 0.717) is 0 Å². The van der Waals surface area contributed by atoms with E-state index < -0.39 is 0 Å². The van der Waals surface area contributed by atoms with Crippen molar-refractivity contribution in [1.82, 2.24) is 4.57 Å². The SMILES string of the molecule is c1ccc(N(c2ccccc2)c2ccc(-n3c4cccc5c4c4c6c(ccc7oc8cccc-5c8c76)ccc43)cc2)cc1. The lowest BCUT2D eigenvalue weighted by molar-refractivity contribution is 0.669. The largest absolute Gasteiger partial charge is 0.456 e. The Hall–Kier alpha value is -5.80. The van der Waals surface area contributed by atoms with E-state index in [1.54, 1.807) is 0 Å². The van der Waals surface area contributed by atoms with Gasteiger partial charge < -0.3 is 13.9 Å². The van der Waals surface area contributed by atoms with E-state index in [0.717, 1.165) is 33.9 Å². The highest BCUT2D eigenvalue weighted by Gasteiger charge is 2.26. The second-order valence-electron chi connectivity index (χ2n) is 11.3. The van der Waals surface area contributed by atoms with Crippen LogP contribution in [0.4, 0.5) is 17.1 Å². The van der Waals surface area contributed by atoms with Crippen molar-refractivity contribution in [2.45, 2.75) is 0 Å². The highest BCUT2D eigenvalue weighted by atomic mass is 16.3. The Labute approximate surface area is 247 Å². The number of hydrogen-bond acceptors (Lipinski definition) is 2. The molecule has 10 rings (SSSR count). The minimum atomic E-state index is 0.947. The van der Waals surface area contributed by atoms with Gasteiger partial charge in [-0.2, -0.15) is 0 Å². The van der Waals surface area contributed by atoms with E-state index >= 15 is 0 Å². The van der Waals surface area contributed by atoms with Crippen molar-refractivity contribution in [2.75, 3.05) is 4.90 Å². The van der Waals surface area contributed by atoms with E-state index in [4.69, 9.17) is 4.42 Å². The van der Waals surface area contributed by atoms with Gasteiger partial charge in [-0.15, -0.1) is 0 Å². The maximum absolute atomic E-state index is 6.40. The van der Waals surface area contributed by atoms with Crippen molar-refractivity contribution in [1.29, 1.82) is 0 Å². The van der Waals surface area contributed by atoms with E-state index in [1.807, 2.05) is 0 Å². The molecule has 200 valence electrons. The first-order valence-corrected chi connectivity index (χ1v) is 14.7. The summed E-state index contributed by atoms with van der Waals surface area (Å²) in [4.78, 5) is 2.30. The molecule has 0 N–H and O–H groups in total. The molecule has 0 saturated carbocycles. The second kappa shape index (κ2) is 8.37. The van der Waals surface area contributed by atoms with Gasteiger partial charge in [0.05, 0.1) is 11.0 Å². The van der Waals surface area contributed by atoms with Crippen LogP contribution in [-0.4, -0.2) is 4.57 Å². The Balaban J connectivity index is 1.25. The number of fused-ring (bicyclic) bond motifs is 1. The van der Waals surface area contributed by atoms with Crippen LogP contribution in [0.15, 0.2) is 150 Å². The minimum absolute atomic E-state index is 0.947. The molecule has 0 saturated heterocycles. The van der Waals surface area contributed by atoms with Crippen LogP contribution in [0.3, 0.4) is 0 Å². The molecule has 0 fully saturated rings. The van der Waals surface area contributed by atoms with Crippen molar-refractivity contribution in [3.63, 3.8) is 0 Å². The molecule has 0 spiro atoms. The number of benzene rings is 7. The summed E-state index contributed by atoms with van der Waals surface area (Å²) in [5.41, 5.74) is 11.3. The Morgan fingerprint density at radius 3 is 1.74 bits per heavy atom. The third kappa shape index (κ3) is 3.03. The highest BCUT2D eigenvalue weighted by molar-refractivity contribution is 6.37. The molecule has 2 heterocycles. The number of anilines is 3. The van der Waals surface area contributed by atoms with Crippen molar-refractivity contribution in [3.8, 4) is 16.8 Å². The van der Waals surface area contributed by atoms with Crippen LogP contribution in [-0.2, 0) is 0 Å². The molecular formula is C40H24N2O. The standard InChI is InChI=1S/C40H24N2O/c1-3-9-26(10-4-1)41(27-11-5-2-6-12-27)28-19-21-29(22-20-28)42-32-15-7-13-30-31-14-8-16-34-38(31)40-35(43-34)24-18-25-17-23-33(42)39(36(25)40)37(30)32/h1-24H. The quantitative estimate of drug-likeness (QED) is 0.218. The van der Waals surface area contributed by atoms with Gasteiger partial charge in [0.1, 0.15) is 11.2 Å². The molecule has 3 heteroatoms. The number of hydrogen-bond donors (Lipinski definition) is 0. The molecule has 0 bridgehead atoms. The number of furan rings is 1. The van der Waals surface area contributed by atoms with Gasteiger partial charge >= 0.3 is 0 Å².